The summed E-state index contributed by atoms with van der Waals surface area (Å²) in [6.07, 6.45) is 2.33. The topological polar surface area (TPSA) is 92.6 Å². The third-order valence-electron chi connectivity index (χ3n) is 5.62. The summed E-state index contributed by atoms with van der Waals surface area (Å²) in [5.41, 5.74) is 0.930. The molecule has 2 aromatic carbocycles. The molecule has 1 atom stereocenters. The van der Waals surface area contributed by atoms with Gasteiger partial charge < -0.3 is 9.84 Å². The minimum absolute atomic E-state index is 0.104. The summed E-state index contributed by atoms with van der Waals surface area (Å²) in [6.45, 7) is 2.47. The number of benzene rings is 2. The molecule has 5 rings (SSSR count). The van der Waals surface area contributed by atoms with Crippen LogP contribution < -0.4 is 9.64 Å². The number of anilines is 1. The molecule has 4 aromatic rings. The second kappa shape index (κ2) is 9.67. The quantitative estimate of drug-likeness (QED) is 0.192. The number of amides is 1. The van der Waals surface area contributed by atoms with Gasteiger partial charge in [-0.25, -0.2) is 9.37 Å². The molecular formula is C26H19ClFN3O4S. The molecule has 1 unspecified atom stereocenters. The fraction of sp³-hybridized carbons (Fsp3) is 0.154. The number of thiazole rings is 1. The Bertz CT molecular complexity index is 1480. The van der Waals surface area contributed by atoms with Crippen LogP contribution in [0.1, 0.15) is 30.6 Å². The smallest absolute Gasteiger partial charge is 0.301 e. The number of aliphatic hydroxyl groups excluding tert-OH is 1. The Morgan fingerprint density at radius 1 is 1.19 bits per heavy atom. The number of rotatable bonds is 6. The van der Waals surface area contributed by atoms with Crippen molar-refractivity contribution in [2.45, 2.75) is 19.4 Å². The fourth-order valence-corrected chi connectivity index (χ4v) is 5.13. The van der Waals surface area contributed by atoms with Crippen molar-refractivity contribution in [3.05, 3.63) is 88.5 Å². The summed E-state index contributed by atoms with van der Waals surface area (Å²) >= 11 is 6.94. The predicted molar refractivity (Wildman–Crippen MR) is 136 cm³/mol. The van der Waals surface area contributed by atoms with Crippen LogP contribution in [-0.2, 0) is 9.59 Å². The van der Waals surface area contributed by atoms with Crippen LogP contribution in [0.15, 0.2) is 66.4 Å². The number of Topliss-reactive ketones (excluding diaryl/α,β-unsaturated/α-hetero) is 1. The van der Waals surface area contributed by atoms with Crippen LogP contribution in [-0.4, -0.2) is 33.4 Å². The van der Waals surface area contributed by atoms with Crippen LogP contribution in [0.25, 0.3) is 16.0 Å². The van der Waals surface area contributed by atoms with Crippen molar-refractivity contribution in [1.82, 2.24) is 9.97 Å². The number of hydrogen-bond donors (Lipinski definition) is 1. The van der Waals surface area contributed by atoms with Crippen LogP contribution in [0.4, 0.5) is 9.52 Å². The zero-order valence-electron chi connectivity index (χ0n) is 18.9. The second-order valence-corrected chi connectivity index (χ2v) is 9.45. The van der Waals surface area contributed by atoms with E-state index in [2.05, 4.69) is 9.97 Å². The average Bonchev–Trinajstić information content (AvgIpc) is 3.40. The van der Waals surface area contributed by atoms with Gasteiger partial charge >= 0.3 is 5.91 Å². The first kappa shape index (κ1) is 23.9. The molecule has 0 radical (unpaired) electrons. The lowest BCUT2D eigenvalue weighted by Gasteiger charge is -2.22. The molecule has 1 N–H and O–H groups in total. The van der Waals surface area contributed by atoms with Crippen molar-refractivity contribution in [2.24, 2.45) is 0 Å². The van der Waals surface area contributed by atoms with Crippen molar-refractivity contribution in [2.75, 3.05) is 11.5 Å². The predicted octanol–water partition coefficient (Wildman–Crippen LogP) is 5.90. The largest absolute Gasteiger partial charge is 0.507 e. The zero-order chi connectivity index (χ0) is 25.4. The number of aliphatic hydroxyl groups is 1. The molecule has 0 spiro atoms. The Morgan fingerprint density at radius 2 is 2.03 bits per heavy atom. The van der Waals surface area contributed by atoms with Crippen LogP contribution in [0.3, 0.4) is 0 Å². The van der Waals surface area contributed by atoms with Crippen LogP contribution in [0.2, 0.25) is 5.02 Å². The van der Waals surface area contributed by atoms with Gasteiger partial charge in [0.15, 0.2) is 5.13 Å². The number of ether oxygens (including phenoxy) is 1. The molecule has 182 valence electrons. The summed E-state index contributed by atoms with van der Waals surface area (Å²) in [4.78, 5) is 36.6. The van der Waals surface area contributed by atoms with E-state index in [9.17, 15) is 19.1 Å². The van der Waals surface area contributed by atoms with Gasteiger partial charge in [-0.05, 0) is 42.8 Å². The molecule has 1 amide bonds. The van der Waals surface area contributed by atoms with E-state index in [4.69, 9.17) is 16.3 Å². The first-order valence-corrected chi connectivity index (χ1v) is 12.3. The number of ketones is 1. The summed E-state index contributed by atoms with van der Waals surface area (Å²) in [6, 6.07) is 13.3. The molecule has 2 aromatic heterocycles. The Labute approximate surface area is 214 Å². The van der Waals surface area contributed by atoms with E-state index in [1.807, 2.05) is 6.92 Å². The van der Waals surface area contributed by atoms with E-state index in [-0.39, 0.29) is 21.5 Å². The molecule has 1 aliphatic heterocycles. The Morgan fingerprint density at radius 3 is 2.78 bits per heavy atom. The molecule has 36 heavy (non-hydrogen) atoms. The molecular weight excluding hydrogens is 505 g/mol. The van der Waals surface area contributed by atoms with Gasteiger partial charge in [0.05, 0.1) is 33.1 Å². The lowest BCUT2D eigenvalue weighted by atomic mass is 9.98. The summed E-state index contributed by atoms with van der Waals surface area (Å²) in [5.74, 6) is -2.21. The van der Waals surface area contributed by atoms with Gasteiger partial charge in [-0.2, -0.15) is 0 Å². The van der Waals surface area contributed by atoms with Crippen molar-refractivity contribution in [1.29, 1.82) is 0 Å². The average molecular weight is 524 g/mol. The molecule has 0 aliphatic carbocycles. The standard InChI is InChI=1S/C26H19ClFN3O4S/c1-2-10-35-15-7-5-6-14(11-15)23(32)21-22(18-8-3-4-9-29-18)31(25(34)24(21)33)26-30-19-12-16(27)17(28)13-20(19)36-26/h3-9,11-13,22,32H,2,10H2,1H3/b23-21+. The van der Waals surface area contributed by atoms with E-state index in [1.165, 1.54) is 23.2 Å². The number of halogens is 2. The van der Waals surface area contributed by atoms with Gasteiger partial charge in [0, 0.05) is 11.8 Å². The number of carbonyl (C=O) groups is 2. The molecule has 1 fully saturated rings. The monoisotopic (exact) mass is 523 g/mol. The van der Waals surface area contributed by atoms with Crippen LogP contribution in [0, 0.1) is 5.82 Å². The number of pyridine rings is 1. The van der Waals surface area contributed by atoms with E-state index in [1.54, 1.807) is 42.5 Å². The molecule has 0 bridgehead atoms. The Hall–Kier alpha value is -3.82. The minimum atomic E-state index is -1.05. The third-order valence-corrected chi connectivity index (χ3v) is 6.93. The SMILES string of the molecule is CCCOc1cccc(/C(O)=C2\C(=O)C(=O)N(c3nc4cc(Cl)c(F)cc4s3)C2c2ccccn2)c1. The van der Waals surface area contributed by atoms with Gasteiger partial charge in [0.1, 0.15) is 23.4 Å². The number of nitrogens with zero attached hydrogens (tertiary/aromatic N) is 3. The summed E-state index contributed by atoms with van der Waals surface area (Å²) in [7, 11) is 0. The maximum absolute atomic E-state index is 14.0. The molecule has 10 heteroatoms. The van der Waals surface area contributed by atoms with Crippen molar-refractivity contribution in [3.63, 3.8) is 0 Å². The first-order valence-electron chi connectivity index (χ1n) is 11.1. The van der Waals surface area contributed by atoms with Gasteiger partial charge in [0.25, 0.3) is 5.78 Å². The fourth-order valence-electron chi connectivity index (χ4n) is 3.97. The first-order chi connectivity index (χ1) is 17.4. The highest BCUT2D eigenvalue weighted by atomic mass is 35.5. The zero-order valence-corrected chi connectivity index (χ0v) is 20.5. The maximum Gasteiger partial charge on any atom is 0.301 e. The van der Waals surface area contributed by atoms with Gasteiger partial charge in [-0.1, -0.05) is 48.1 Å². The van der Waals surface area contributed by atoms with Gasteiger partial charge in [0.2, 0.25) is 0 Å². The summed E-state index contributed by atoms with van der Waals surface area (Å²) in [5, 5.41) is 11.3. The Kier molecular flexibility index (Phi) is 6.42. The molecule has 3 heterocycles. The van der Waals surface area contributed by atoms with Crippen molar-refractivity contribution in [3.8, 4) is 5.75 Å². The highest BCUT2D eigenvalue weighted by Gasteiger charge is 2.48. The lowest BCUT2D eigenvalue weighted by molar-refractivity contribution is -0.132. The highest BCUT2D eigenvalue weighted by Crippen LogP contribution is 2.44. The van der Waals surface area contributed by atoms with E-state index >= 15 is 0 Å². The van der Waals surface area contributed by atoms with E-state index in [0.717, 1.165) is 17.8 Å². The normalized spacial score (nSPS) is 17.2. The number of fused-ring (bicyclic) bond motifs is 1. The third kappa shape index (κ3) is 4.20. The van der Waals surface area contributed by atoms with E-state index in [0.29, 0.717) is 33.8 Å². The van der Waals surface area contributed by atoms with E-state index < -0.39 is 23.5 Å². The maximum atomic E-state index is 14.0. The van der Waals surface area contributed by atoms with Crippen molar-refractivity contribution < 1.29 is 23.8 Å². The van der Waals surface area contributed by atoms with Crippen LogP contribution in [0.5, 0.6) is 5.75 Å². The Balaban J connectivity index is 1.67. The number of aromatic nitrogens is 2. The number of hydrogen-bond acceptors (Lipinski definition) is 7. The summed E-state index contributed by atoms with van der Waals surface area (Å²) < 4.78 is 20.1. The molecule has 7 nitrogen and oxygen atoms in total. The van der Waals surface area contributed by atoms with Crippen LogP contribution >= 0.6 is 22.9 Å². The van der Waals surface area contributed by atoms with Crippen molar-refractivity contribution >= 4 is 55.7 Å². The molecule has 1 saturated heterocycles. The number of carbonyl (C=O) groups excluding carboxylic acids is 2. The lowest BCUT2D eigenvalue weighted by Crippen LogP contribution is -2.29. The minimum Gasteiger partial charge on any atom is -0.507 e. The second-order valence-electron chi connectivity index (χ2n) is 8.03. The molecule has 1 aliphatic rings. The van der Waals surface area contributed by atoms with Gasteiger partial charge in [-0.3, -0.25) is 19.5 Å². The molecule has 0 saturated carbocycles. The highest BCUT2D eigenvalue weighted by molar-refractivity contribution is 7.22. The van der Waals surface area contributed by atoms with Gasteiger partial charge in [-0.15, -0.1) is 0 Å².